The van der Waals surface area contributed by atoms with Crippen LogP contribution in [0.4, 0.5) is 0 Å². The topological polar surface area (TPSA) is 67.4 Å². The molecular formula is C11H21ClN2O3. The van der Waals surface area contributed by atoms with Gasteiger partial charge in [-0.15, -0.1) is 12.4 Å². The molecule has 1 aliphatic heterocycles. The fourth-order valence-corrected chi connectivity index (χ4v) is 1.77. The van der Waals surface area contributed by atoms with Crippen molar-refractivity contribution < 1.29 is 14.3 Å². The second kappa shape index (κ2) is 7.50. The summed E-state index contributed by atoms with van der Waals surface area (Å²) in [6, 6.07) is -0.543. The minimum Gasteiger partial charge on any atom is -0.467 e. The Morgan fingerprint density at radius 3 is 2.47 bits per heavy atom. The number of methoxy groups -OCH3 is 1. The molecule has 2 N–H and O–H groups in total. The summed E-state index contributed by atoms with van der Waals surface area (Å²) >= 11 is 0. The Balaban J connectivity index is 0.00000256. The highest BCUT2D eigenvalue weighted by molar-refractivity contribution is 5.86. The van der Waals surface area contributed by atoms with Gasteiger partial charge in [0.25, 0.3) is 0 Å². The van der Waals surface area contributed by atoms with Crippen LogP contribution in [-0.4, -0.2) is 38.1 Å². The fraction of sp³-hybridized carbons (Fsp3) is 0.818. The Hall–Kier alpha value is -0.810. The Morgan fingerprint density at radius 2 is 2.06 bits per heavy atom. The summed E-state index contributed by atoms with van der Waals surface area (Å²) in [4.78, 5) is 23.3. The lowest BCUT2D eigenvalue weighted by atomic mass is 10.0. The second-order valence-corrected chi connectivity index (χ2v) is 4.44. The number of amides is 1. The predicted molar refractivity (Wildman–Crippen MR) is 67.0 cm³/mol. The summed E-state index contributed by atoms with van der Waals surface area (Å²) in [5.74, 6) is -0.430. The van der Waals surface area contributed by atoms with Crippen LogP contribution in [-0.2, 0) is 14.3 Å². The molecular weight excluding hydrogens is 244 g/mol. The van der Waals surface area contributed by atoms with Gasteiger partial charge in [-0.25, -0.2) is 4.79 Å². The van der Waals surface area contributed by atoms with Gasteiger partial charge < -0.3 is 15.4 Å². The van der Waals surface area contributed by atoms with Crippen LogP contribution in [0.25, 0.3) is 0 Å². The second-order valence-electron chi connectivity index (χ2n) is 4.44. The van der Waals surface area contributed by atoms with E-state index >= 15 is 0 Å². The molecule has 1 amide bonds. The first kappa shape index (κ1) is 16.2. The molecule has 1 fully saturated rings. The molecule has 100 valence electrons. The molecule has 1 saturated heterocycles. The van der Waals surface area contributed by atoms with Crippen LogP contribution in [0.2, 0.25) is 0 Å². The molecule has 5 nitrogen and oxygen atoms in total. The summed E-state index contributed by atoms with van der Waals surface area (Å²) in [6.07, 6.45) is 0.831. The van der Waals surface area contributed by atoms with Gasteiger partial charge in [-0.3, -0.25) is 4.79 Å². The average Bonchev–Trinajstić information content (AvgIpc) is 2.77. The van der Waals surface area contributed by atoms with Crippen LogP contribution < -0.4 is 10.6 Å². The van der Waals surface area contributed by atoms with Crippen LogP contribution in [0, 0.1) is 11.8 Å². The maximum Gasteiger partial charge on any atom is 0.328 e. The zero-order valence-electron chi connectivity index (χ0n) is 10.5. The van der Waals surface area contributed by atoms with Crippen molar-refractivity contribution in [2.75, 3.05) is 20.2 Å². The molecule has 17 heavy (non-hydrogen) atoms. The quantitative estimate of drug-likeness (QED) is 0.719. The van der Waals surface area contributed by atoms with E-state index in [9.17, 15) is 9.59 Å². The van der Waals surface area contributed by atoms with Crippen molar-refractivity contribution in [3.63, 3.8) is 0 Å². The number of nitrogens with one attached hydrogen (secondary N) is 2. The van der Waals surface area contributed by atoms with E-state index in [2.05, 4.69) is 15.4 Å². The predicted octanol–water partition coefficient (Wildman–Crippen LogP) is 0.331. The van der Waals surface area contributed by atoms with Crippen LogP contribution in [0.15, 0.2) is 0 Å². The van der Waals surface area contributed by atoms with Crippen molar-refractivity contribution in [3.05, 3.63) is 0 Å². The molecule has 2 unspecified atom stereocenters. The summed E-state index contributed by atoms with van der Waals surface area (Å²) in [6.45, 7) is 5.32. The van der Waals surface area contributed by atoms with Crippen LogP contribution in [0.5, 0.6) is 0 Å². The van der Waals surface area contributed by atoms with Gasteiger partial charge in [0, 0.05) is 6.54 Å². The van der Waals surface area contributed by atoms with Gasteiger partial charge in [-0.1, -0.05) is 13.8 Å². The molecule has 0 aromatic rings. The molecule has 0 aromatic carbocycles. The smallest absolute Gasteiger partial charge is 0.328 e. The van der Waals surface area contributed by atoms with Crippen molar-refractivity contribution in [1.82, 2.24) is 10.6 Å². The number of hydrogen-bond acceptors (Lipinski definition) is 4. The van der Waals surface area contributed by atoms with Gasteiger partial charge in [0.15, 0.2) is 0 Å². The van der Waals surface area contributed by atoms with E-state index in [0.717, 1.165) is 13.0 Å². The van der Waals surface area contributed by atoms with Crippen molar-refractivity contribution in [1.29, 1.82) is 0 Å². The molecule has 0 radical (unpaired) electrons. The summed E-state index contributed by atoms with van der Waals surface area (Å²) in [5, 5.41) is 5.88. The van der Waals surface area contributed by atoms with E-state index in [-0.39, 0.29) is 36.1 Å². The van der Waals surface area contributed by atoms with Gasteiger partial charge in [0.05, 0.1) is 13.0 Å². The van der Waals surface area contributed by atoms with Crippen molar-refractivity contribution in [3.8, 4) is 0 Å². The molecule has 6 heteroatoms. The Labute approximate surface area is 108 Å². The van der Waals surface area contributed by atoms with E-state index < -0.39 is 6.04 Å². The van der Waals surface area contributed by atoms with Gasteiger partial charge in [0.2, 0.25) is 5.91 Å². The third kappa shape index (κ3) is 4.52. The summed E-state index contributed by atoms with van der Waals surface area (Å²) in [7, 11) is 1.33. The third-order valence-electron chi connectivity index (χ3n) is 2.85. The standard InChI is InChI=1S/C11H20N2O3.ClH/c1-7(2)9(11(15)16-3)13-10(14)8-4-5-12-6-8;/h7-9,12H,4-6H2,1-3H3,(H,13,14);1H. The van der Waals surface area contributed by atoms with Crippen LogP contribution in [0.1, 0.15) is 20.3 Å². The zero-order chi connectivity index (χ0) is 12.1. The normalized spacial score (nSPS) is 20.6. The number of esters is 1. The highest BCUT2D eigenvalue weighted by Gasteiger charge is 2.29. The van der Waals surface area contributed by atoms with Crippen molar-refractivity contribution >= 4 is 24.3 Å². The minimum atomic E-state index is -0.543. The SMILES string of the molecule is COC(=O)C(NC(=O)C1CCNC1)C(C)C.Cl. The van der Waals surface area contributed by atoms with Gasteiger partial charge in [0.1, 0.15) is 6.04 Å². The lowest BCUT2D eigenvalue weighted by Crippen LogP contribution is -2.47. The Bertz CT molecular complexity index is 265. The lowest BCUT2D eigenvalue weighted by Gasteiger charge is -2.21. The van der Waals surface area contributed by atoms with Crippen LogP contribution >= 0.6 is 12.4 Å². The average molecular weight is 265 g/mol. The van der Waals surface area contributed by atoms with Gasteiger partial charge in [-0.05, 0) is 18.9 Å². The molecule has 0 spiro atoms. The Morgan fingerprint density at radius 1 is 1.41 bits per heavy atom. The fourth-order valence-electron chi connectivity index (χ4n) is 1.77. The van der Waals surface area contributed by atoms with E-state index in [4.69, 9.17) is 0 Å². The number of halogens is 1. The number of rotatable bonds is 4. The van der Waals surface area contributed by atoms with E-state index in [1.165, 1.54) is 7.11 Å². The van der Waals surface area contributed by atoms with Crippen molar-refractivity contribution in [2.24, 2.45) is 11.8 Å². The summed E-state index contributed by atoms with van der Waals surface area (Å²) in [5.41, 5.74) is 0. The number of carbonyl (C=O) groups is 2. The number of carbonyl (C=O) groups excluding carboxylic acids is 2. The molecule has 1 rings (SSSR count). The molecule has 0 aliphatic carbocycles. The van der Waals surface area contributed by atoms with Gasteiger partial charge in [-0.2, -0.15) is 0 Å². The third-order valence-corrected chi connectivity index (χ3v) is 2.85. The first-order chi connectivity index (χ1) is 7.56. The van der Waals surface area contributed by atoms with E-state index in [0.29, 0.717) is 6.54 Å². The zero-order valence-corrected chi connectivity index (χ0v) is 11.3. The maximum atomic E-state index is 11.8. The maximum absolute atomic E-state index is 11.8. The molecule has 0 saturated carbocycles. The van der Waals surface area contributed by atoms with Crippen molar-refractivity contribution in [2.45, 2.75) is 26.3 Å². The monoisotopic (exact) mass is 264 g/mol. The highest BCUT2D eigenvalue weighted by atomic mass is 35.5. The molecule has 2 atom stereocenters. The molecule has 1 heterocycles. The first-order valence-electron chi connectivity index (χ1n) is 5.65. The Kier molecular flexibility index (Phi) is 7.15. The van der Waals surface area contributed by atoms with Gasteiger partial charge >= 0.3 is 5.97 Å². The highest BCUT2D eigenvalue weighted by Crippen LogP contribution is 2.10. The van der Waals surface area contributed by atoms with Crippen LogP contribution in [0.3, 0.4) is 0 Å². The molecule has 1 aliphatic rings. The number of ether oxygens (including phenoxy) is 1. The lowest BCUT2D eigenvalue weighted by molar-refractivity contribution is -0.146. The minimum absolute atomic E-state index is 0. The largest absolute Gasteiger partial charge is 0.467 e. The first-order valence-corrected chi connectivity index (χ1v) is 5.65. The number of hydrogen-bond donors (Lipinski definition) is 2. The van der Waals surface area contributed by atoms with E-state index in [1.54, 1.807) is 0 Å². The molecule has 0 aromatic heterocycles. The summed E-state index contributed by atoms with van der Waals surface area (Å²) < 4.78 is 4.67. The molecule has 0 bridgehead atoms. The van der Waals surface area contributed by atoms with E-state index in [1.807, 2.05) is 13.8 Å².